The van der Waals surface area contributed by atoms with Crippen LogP contribution < -0.4 is 9.62 Å². The van der Waals surface area contributed by atoms with Crippen LogP contribution in [0, 0.1) is 0 Å². The van der Waals surface area contributed by atoms with Crippen molar-refractivity contribution in [1.82, 2.24) is 14.5 Å². The number of anilines is 1. The van der Waals surface area contributed by atoms with E-state index in [2.05, 4.69) is 5.32 Å². The van der Waals surface area contributed by atoms with Crippen LogP contribution in [0.25, 0.3) is 0 Å². The van der Waals surface area contributed by atoms with E-state index in [0.29, 0.717) is 23.7 Å². The lowest BCUT2D eigenvalue weighted by molar-refractivity contribution is -0.140. The number of hydrogen-bond donors (Lipinski definition) is 1. The van der Waals surface area contributed by atoms with Gasteiger partial charge in [-0.3, -0.25) is 9.59 Å². The third-order valence-electron chi connectivity index (χ3n) is 5.54. The summed E-state index contributed by atoms with van der Waals surface area (Å²) in [6, 6.07) is 14.7. The van der Waals surface area contributed by atoms with Gasteiger partial charge in [-0.05, 0) is 42.7 Å². The van der Waals surface area contributed by atoms with Crippen LogP contribution in [0.5, 0.6) is 0 Å². The highest BCUT2D eigenvalue weighted by atomic mass is 35.5. The molecule has 0 aliphatic rings. The third kappa shape index (κ3) is 7.95. The molecular weight excluding hydrogens is 488 g/mol. The Morgan fingerprint density at radius 3 is 2.17 bits per heavy atom. The minimum absolute atomic E-state index is 0.139. The molecule has 2 aromatic carbocycles. The number of nitrogens with one attached hydrogen (secondary N) is 1. The summed E-state index contributed by atoms with van der Waals surface area (Å²) in [4.78, 5) is 28.2. The van der Waals surface area contributed by atoms with E-state index in [9.17, 15) is 18.0 Å². The molecule has 1 N–H and O–H groups in total. The van der Waals surface area contributed by atoms with Crippen LogP contribution in [0.4, 0.5) is 5.69 Å². The van der Waals surface area contributed by atoms with Gasteiger partial charge in [0.2, 0.25) is 11.8 Å². The predicted molar refractivity (Wildman–Crippen MR) is 140 cm³/mol. The van der Waals surface area contributed by atoms with Gasteiger partial charge in [0.1, 0.15) is 12.6 Å². The van der Waals surface area contributed by atoms with Gasteiger partial charge in [0.25, 0.3) is 0 Å². The largest absolute Gasteiger partial charge is 0.354 e. The first kappa shape index (κ1) is 28.6. The van der Waals surface area contributed by atoms with Gasteiger partial charge in [0.05, 0.1) is 5.69 Å². The molecule has 0 spiro atoms. The van der Waals surface area contributed by atoms with E-state index in [1.165, 1.54) is 19.0 Å². The molecule has 1 atom stereocenters. The standard InChI is InChI=1S/C25H35ClN4O4S/c1-5-7-17-27-25(32)23(6-2)29(18-20-13-15-21(26)16-14-20)24(31)19-30(35(33,34)28(3)4)22-11-9-8-10-12-22/h8-16,23H,5-7,17-19H2,1-4H3,(H,27,32). The average molecular weight is 523 g/mol. The summed E-state index contributed by atoms with van der Waals surface area (Å²) in [5.74, 6) is -0.739. The Balaban J connectivity index is 2.42. The number of para-hydroxylation sites is 1. The van der Waals surface area contributed by atoms with Crippen molar-refractivity contribution in [2.24, 2.45) is 0 Å². The molecule has 10 heteroatoms. The number of carbonyl (C=O) groups is 2. The van der Waals surface area contributed by atoms with Crippen LogP contribution in [-0.2, 0) is 26.3 Å². The first-order chi connectivity index (χ1) is 16.6. The van der Waals surface area contributed by atoms with Crippen molar-refractivity contribution in [1.29, 1.82) is 0 Å². The van der Waals surface area contributed by atoms with E-state index in [4.69, 9.17) is 11.6 Å². The number of rotatable bonds is 13. The van der Waals surface area contributed by atoms with E-state index in [-0.39, 0.29) is 12.5 Å². The van der Waals surface area contributed by atoms with Crippen LogP contribution in [0.3, 0.4) is 0 Å². The lowest BCUT2D eigenvalue weighted by atomic mass is 10.1. The Bertz CT molecular complexity index is 1060. The first-order valence-corrected chi connectivity index (χ1v) is 13.5. The molecule has 0 aromatic heterocycles. The number of unbranched alkanes of at least 4 members (excludes halogenated alkanes) is 1. The minimum Gasteiger partial charge on any atom is -0.354 e. The Labute approximate surface area is 214 Å². The van der Waals surface area contributed by atoms with Crippen LogP contribution in [0.2, 0.25) is 5.02 Å². The molecule has 192 valence electrons. The van der Waals surface area contributed by atoms with E-state index < -0.39 is 28.7 Å². The third-order valence-corrected chi connectivity index (χ3v) is 7.62. The number of hydrogen-bond acceptors (Lipinski definition) is 4. The van der Waals surface area contributed by atoms with Crippen LogP contribution in [-0.4, -0.2) is 62.7 Å². The molecule has 2 amide bonds. The Hall–Kier alpha value is -2.62. The molecule has 0 radical (unpaired) electrons. The van der Waals surface area contributed by atoms with Crippen molar-refractivity contribution in [2.45, 2.75) is 45.7 Å². The molecule has 8 nitrogen and oxygen atoms in total. The second kappa shape index (κ2) is 13.5. The Morgan fingerprint density at radius 2 is 1.63 bits per heavy atom. The van der Waals surface area contributed by atoms with Crippen molar-refractivity contribution >= 4 is 39.3 Å². The quantitative estimate of drug-likeness (QED) is 0.406. The number of amides is 2. The van der Waals surface area contributed by atoms with Gasteiger partial charge in [-0.15, -0.1) is 0 Å². The molecule has 0 heterocycles. The summed E-state index contributed by atoms with van der Waals surface area (Å²) >= 11 is 6.02. The van der Waals surface area contributed by atoms with Crippen molar-refractivity contribution in [3.8, 4) is 0 Å². The van der Waals surface area contributed by atoms with E-state index in [1.807, 2.05) is 13.8 Å². The van der Waals surface area contributed by atoms with Gasteiger partial charge in [-0.1, -0.05) is 62.2 Å². The summed E-state index contributed by atoms with van der Waals surface area (Å²) < 4.78 is 28.4. The molecule has 35 heavy (non-hydrogen) atoms. The Kier molecular flexibility index (Phi) is 11.0. The van der Waals surface area contributed by atoms with Crippen molar-refractivity contribution < 1.29 is 18.0 Å². The zero-order valence-electron chi connectivity index (χ0n) is 20.8. The molecule has 1 unspecified atom stereocenters. The highest BCUT2D eigenvalue weighted by Gasteiger charge is 2.33. The molecular formula is C25H35ClN4O4S. The summed E-state index contributed by atoms with van der Waals surface area (Å²) in [5, 5.41) is 3.46. The highest BCUT2D eigenvalue weighted by Crippen LogP contribution is 2.21. The van der Waals surface area contributed by atoms with Crippen LogP contribution in [0.1, 0.15) is 38.7 Å². The van der Waals surface area contributed by atoms with E-state index in [0.717, 1.165) is 27.0 Å². The van der Waals surface area contributed by atoms with Crippen LogP contribution in [0.15, 0.2) is 54.6 Å². The summed E-state index contributed by atoms with van der Waals surface area (Å²) in [6.07, 6.45) is 2.14. The molecule has 0 fully saturated rings. The number of halogens is 1. The maximum Gasteiger partial charge on any atom is 0.304 e. The normalized spacial score (nSPS) is 12.3. The van der Waals surface area contributed by atoms with Crippen LogP contribution >= 0.6 is 11.6 Å². The zero-order valence-corrected chi connectivity index (χ0v) is 22.3. The fourth-order valence-corrected chi connectivity index (χ4v) is 4.71. The molecule has 0 bridgehead atoms. The van der Waals surface area contributed by atoms with Gasteiger partial charge < -0.3 is 10.2 Å². The van der Waals surface area contributed by atoms with Crippen molar-refractivity contribution in [2.75, 3.05) is 31.5 Å². The highest BCUT2D eigenvalue weighted by molar-refractivity contribution is 7.90. The lowest BCUT2D eigenvalue weighted by Gasteiger charge is -2.34. The van der Waals surface area contributed by atoms with E-state index in [1.54, 1.807) is 54.6 Å². The summed E-state index contributed by atoms with van der Waals surface area (Å²) in [5.41, 5.74) is 1.14. The second-order valence-corrected chi connectivity index (χ2v) is 10.9. The van der Waals surface area contributed by atoms with Gasteiger partial charge in [-0.2, -0.15) is 12.7 Å². The monoisotopic (exact) mass is 522 g/mol. The molecule has 0 aliphatic carbocycles. The number of nitrogens with zero attached hydrogens (tertiary/aromatic N) is 3. The maximum absolute atomic E-state index is 13.7. The van der Waals surface area contributed by atoms with Gasteiger partial charge in [0.15, 0.2) is 0 Å². The van der Waals surface area contributed by atoms with Crippen molar-refractivity contribution in [3.63, 3.8) is 0 Å². The summed E-state index contributed by atoms with van der Waals surface area (Å²) in [7, 11) is -1.14. The van der Waals surface area contributed by atoms with E-state index >= 15 is 0 Å². The molecule has 0 aliphatic heterocycles. The smallest absolute Gasteiger partial charge is 0.304 e. The predicted octanol–water partition coefficient (Wildman–Crippen LogP) is 3.68. The van der Waals surface area contributed by atoms with Crippen molar-refractivity contribution in [3.05, 3.63) is 65.2 Å². The Morgan fingerprint density at radius 1 is 1.00 bits per heavy atom. The summed E-state index contributed by atoms with van der Waals surface area (Å²) in [6.45, 7) is 4.07. The van der Waals surface area contributed by atoms with Gasteiger partial charge in [-0.25, -0.2) is 4.31 Å². The molecule has 0 saturated carbocycles. The maximum atomic E-state index is 13.7. The lowest BCUT2D eigenvalue weighted by Crippen LogP contribution is -2.53. The molecule has 0 saturated heterocycles. The fraction of sp³-hybridized carbons (Fsp3) is 0.440. The van der Waals surface area contributed by atoms with Gasteiger partial charge in [0, 0.05) is 32.2 Å². The topological polar surface area (TPSA) is 90.0 Å². The second-order valence-electron chi connectivity index (χ2n) is 8.35. The average Bonchev–Trinajstić information content (AvgIpc) is 2.84. The number of benzene rings is 2. The van der Waals surface area contributed by atoms with Gasteiger partial charge >= 0.3 is 10.2 Å². The molecule has 2 aromatic rings. The number of carbonyl (C=O) groups excluding carboxylic acids is 2. The molecule has 2 rings (SSSR count). The SMILES string of the molecule is CCCCNC(=O)C(CC)N(Cc1ccc(Cl)cc1)C(=O)CN(c1ccccc1)S(=O)(=O)N(C)C. The first-order valence-electron chi connectivity index (χ1n) is 11.7. The minimum atomic E-state index is -3.97. The zero-order chi connectivity index (χ0) is 26.0. The fourth-order valence-electron chi connectivity index (χ4n) is 3.52.